The number of fused-ring (bicyclic) bond motifs is 1. The number of hydrogen-bond acceptors (Lipinski definition) is 7. The molecular weight excluding hydrogens is 537 g/mol. The van der Waals surface area contributed by atoms with Crippen molar-refractivity contribution in [3.05, 3.63) is 74.3 Å². The Morgan fingerprint density at radius 3 is 2.65 bits per heavy atom. The number of aromatic carboxylic acids is 1. The lowest BCUT2D eigenvalue weighted by Crippen LogP contribution is -2.35. The minimum absolute atomic E-state index is 0. The molecule has 0 fully saturated rings. The smallest absolute Gasteiger partial charge is 0.335 e. The zero-order valence-electron chi connectivity index (χ0n) is 20.0. The molecule has 3 N–H and O–H groups in total. The van der Waals surface area contributed by atoms with E-state index in [1.165, 1.54) is 47.9 Å². The first-order valence-corrected chi connectivity index (χ1v) is 12.4. The van der Waals surface area contributed by atoms with Crippen molar-refractivity contribution in [1.29, 1.82) is 0 Å². The average Bonchev–Trinajstić information content (AvgIpc) is 3.28. The van der Waals surface area contributed by atoms with E-state index >= 15 is 0 Å². The number of nitrogens with zero attached hydrogens (tertiary/aromatic N) is 3. The highest BCUT2D eigenvalue weighted by Crippen LogP contribution is 2.28. The summed E-state index contributed by atoms with van der Waals surface area (Å²) < 4.78 is 0. The quantitative estimate of drug-likeness (QED) is 0.347. The van der Waals surface area contributed by atoms with Crippen LogP contribution in [0.15, 0.2) is 42.6 Å². The third-order valence-corrected chi connectivity index (χ3v) is 6.93. The van der Waals surface area contributed by atoms with Crippen molar-refractivity contribution in [2.24, 2.45) is 0 Å². The van der Waals surface area contributed by atoms with Crippen molar-refractivity contribution in [3.8, 4) is 0 Å². The van der Waals surface area contributed by atoms with Crippen molar-refractivity contribution < 1.29 is 19.5 Å². The first-order valence-electron chi connectivity index (χ1n) is 11.2. The predicted octanol–water partition coefficient (Wildman–Crippen LogP) is 4.98. The Kier molecular flexibility index (Phi) is 9.39. The van der Waals surface area contributed by atoms with E-state index in [0.29, 0.717) is 27.5 Å². The van der Waals surface area contributed by atoms with Crippen LogP contribution >= 0.6 is 35.3 Å². The Hall–Kier alpha value is -3.31. The van der Waals surface area contributed by atoms with Crippen LogP contribution < -0.4 is 10.6 Å². The molecule has 4 rings (SSSR count). The number of carbonyl (C=O) groups is 3. The molecule has 194 valence electrons. The van der Waals surface area contributed by atoms with Gasteiger partial charge >= 0.3 is 5.97 Å². The van der Waals surface area contributed by atoms with Gasteiger partial charge in [0.05, 0.1) is 16.3 Å². The van der Waals surface area contributed by atoms with Gasteiger partial charge in [-0.25, -0.2) is 14.8 Å². The molecule has 2 amide bonds. The number of pyridine rings is 1. The Labute approximate surface area is 229 Å². The van der Waals surface area contributed by atoms with E-state index < -0.39 is 17.8 Å². The highest BCUT2D eigenvalue weighted by Gasteiger charge is 2.24. The number of thiazole rings is 1. The SMILES string of the molecule is CC(C)N1CCc2nc(C(=O)Nc3cc(C(=O)O)ccc3/C=C/C(=O)Nc3ccc(Cl)cn3)sc2C1.Cl. The number of hydrogen-bond donors (Lipinski definition) is 3. The van der Waals surface area contributed by atoms with Crippen molar-refractivity contribution in [3.63, 3.8) is 0 Å². The average molecular weight is 562 g/mol. The summed E-state index contributed by atoms with van der Waals surface area (Å²) >= 11 is 7.15. The lowest BCUT2D eigenvalue weighted by molar-refractivity contribution is -0.111. The fraction of sp³-hybridized carbons (Fsp3) is 0.240. The fourth-order valence-electron chi connectivity index (χ4n) is 3.65. The number of rotatable bonds is 7. The molecule has 3 aromatic rings. The minimum atomic E-state index is -1.13. The number of carboxylic acids is 1. The van der Waals surface area contributed by atoms with E-state index in [1.54, 1.807) is 12.1 Å². The van der Waals surface area contributed by atoms with Crippen LogP contribution in [-0.4, -0.2) is 50.3 Å². The first kappa shape index (κ1) is 28.3. The van der Waals surface area contributed by atoms with Gasteiger partial charge in [-0.2, -0.15) is 0 Å². The van der Waals surface area contributed by atoms with Crippen molar-refractivity contribution in [2.45, 2.75) is 32.9 Å². The van der Waals surface area contributed by atoms with E-state index in [0.717, 1.165) is 30.1 Å². The summed E-state index contributed by atoms with van der Waals surface area (Å²) in [6, 6.07) is 7.85. The number of nitrogens with one attached hydrogen (secondary N) is 2. The zero-order chi connectivity index (χ0) is 25.8. The molecule has 0 bridgehead atoms. The molecular formula is C25H25Cl2N5O4S. The van der Waals surface area contributed by atoms with E-state index in [9.17, 15) is 19.5 Å². The minimum Gasteiger partial charge on any atom is -0.478 e. The molecule has 9 nitrogen and oxygen atoms in total. The Morgan fingerprint density at radius 1 is 1.19 bits per heavy atom. The summed E-state index contributed by atoms with van der Waals surface area (Å²) in [6.07, 6.45) is 4.94. The highest BCUT2D eigenvalue weighted by atomic mass is 35.5. The third kappa shape index (κ3) is 7.14. The second-order valence-corrected chi connectivity index (χ2v) is 9.97. The Morgan fingerprint density at radius 2 is 1.97 bits per heavy atom. The normalized spacial score (nSPS) is 13.2. The fourth-order valence-corrected chi connectivity index (χ4v) is 4.80. The topological polar surface area (TPSA) is 125 Å². The molecule has 1 aliphatic rings. The molecule has 0 radical (unpaired) electrons. The van der Waals surface area contributed by atoms with Crippen LogP contribution in [-0.2, 0) is 17.8 Å². The van der Waals surface area contributed by atoms with E-state index in [1.807, 2.05) is 0 Å². The molecule has 12 heteroatoms. The van der Waals surface area contributed by atoms with Gasteiger partial charge in [0.2, 0.25) is 5.91 Å². The van der Waals surface area contributed by atoms with Gasteiger partial charge < -0.3 is 15.7 Å². The molecule has 0 unspecified atom stereocenters. The molecule has 1 aliphatic heterocycles. The maximum Gasteiger partial charge on any atom is 0.335 e. The van der Waals surface area contributed by atoms with Gasteiger partial charge in [0.1, 0.15) is 5.82 Å². The van der Waals surface area contributed by atoms with E-state index in [2.05, 4.69) is 39.3 Å². The van der Waals surface area contributed by atoms with Crippen LogP contribution in [0, 0.1) is 0 Å². The molecule has 0 spiro atoms. The van der Waals surface area contributed by atoms with Gasteiger partial charge in [-0.1, -0.05) is 17.7 Å². The molecule has 3 heterocycles. The Bertz CT molecular complexity index is 1340. The van der Waals surface area contributed by atoms with Crippen LogP contribution in [0.1, 0.15) is 50.1 Å². The largest absolute Gasteiger partial charge is 0.478 e. The number of halogens is 2. The molecule has 37 heavy (non-hydrogen) atoms. The van der Waals surface area contributed by atoms with Gasteiger partial charge in [-0.15, -0.1) is 23.7 Å². The molecule has 0 saturated heterocycles. The summed E-state index contributed by atoms with van der Waals surface area (Å²) in [6.45, 7) is 5.91. The van der Waals surface area contributed by atoms with Gasteiger partial charge in [-0.3, -0.25) is 14.5 Å². The number of carbonyl (C=O) groups excluding carboxylic acids is 2. The summed E-state index contributed by atoms with van der Waals surface area (Å²) in [7, 11) is 0. The van der Waals surface area contributed by atoms with Gasteiger partial charge in [0, 0.05) is 48.4 Å². The highest BCUT2D eigenvalue weighted by molar-refractivity contribution is 7.13. The van der Waals surface area contributed by atoms with Gasteiger partial charge in [0.25, 0.3) is 5.91 Å². The number of aromatic nitrogens is 2. The van der Waals surface area contributed by atoms with Crippen molar-refractivity contribution in [1.82, 2.24) is 14.9 Å². The van der Waals surface area contributed by atoms with Crippen LogP contribution in [0.5, 0.6) is 0 Å². The molecule has 2 aromatic heterocycles. The molecule has 0 saturated carbocycles. The third-order valence-electron chi connectivity index (χ3n) is 5.63. The second-order valence-electron chi connectivity index (χ2n) is 8.45. The van der Waals surface area contributed by atoms with Crippen LogP contribution in [0.25, 0.3) is 6.08 Å². The monoisotopic (exact) mass is 561 g/mol. The summed E-state index contributed by atoms with van der Waals surface area (Å²) in [5, 5.41) is 15.5. The number of anilines is 2. The molecule has 0 aliphatic carbocycles. The molecule has 0 atom stereocenters. The van der Waals surface area contributed by atoms with Gasteiger partial charge in [-0.05, 0) is 49.8 Å². The number of amides is 2. The van der Waals surface area contributed by atoms with Gasteiger partial charge in [0.15, 0.2) is 5.01 Å². The van der Waals surface area contributed by atoms with Crippen LogP contribution in [0.3, 0.4) is 0 Å². The van der Waals surface area contributed by atoms with Crippen LogP contribution in [0.2, 0.25) is 5.02 Å². The van der Waals surface area contributed by atoms with Crippen molar-refractivity contribution >= 4 is 70.7 Å². The predicted molar refractivity (Wildman–Crippen MR) is 147 cm³/mol. The maximum absolute atomic E-state index is 13.0. The lowest BCUT2D eigenvalue weighted by atomic mass is 10.1. The number of benzene rings is 1. The summed E-state index contributed by atoms with van der Waals surface area (Å²) in [5.41, 5.74) is 1.64. The number of carboxylic acid groups (broad SMARTS) is 1. The zero-order valence-corrected chi connectivity index (χ0v) is 22.4. The Balaban J connectivity index is 0.00000380. The van der Waals surface area contributed by atoms with Crippen molar-refractivity contribution in [2.75, 3.05) is 17.2 Å². The maximum atomic E-state index is 13.0. The van der Waals surface area contributed by atoms with Crippen LogP contribution in [0.4, 0.5) is 11.5 Å². The van der Waals surface area contributed by atoms with E-state index in [-0.39, 0.29) is 23.7 Å². The lowest BCUT2D eigenvalue weighted by Gasteiger charge is -2.29. The molecule has 1 aromatic carbocycles. The second kappa shape index (κ2) is 12.3. The summed E-state index contributed by atoms with van der Waals surface area (Å²) in [4.78, 5) is 48.8. The van der Waals surface area contributed by atoms with E-state index in [4.69, 9.17) is 11.6 Å². The first-order chi connectivity index (χ1) is 17.2. The standard InChI is InChI=1S/C25H24ClN5O4S.ClH/c1-14(2)31-10-9-18-20(13-31)36-24(29-18)23(33)28-19-11-16(25(34)35)4-3-15(19)5-8-22(32)30-21-7-6-17(26)12-27-21;/h3-8,11-12,14H,9-10,13H2,1-2H3,(H,28,33)(H,34,35)(H,27,30,32);1H/b8-5+;. The summed E-state index contributed by atoms with van der Waals surface area (Å²) in [5.74, 6) is -1.69.